The number of ether oxygens (including phenoxy) is 3. The maximum atomic E-state index is 10.5. The Balaban J connectivity index is 3.22. The fraction of sp³-hybridized carbons (Fsp3) is 0.643. The lowest BCUT2D eigenvalue weighted by Crippen LogP contribution is -2.07. The number of hydrogen-bond acceptors (Lipinski definition) is 4. The SMILES string of the molecule is C=C(C)CCCCCOCOC(=C)COC(C)=O. The van der Waals surface area contributed by atoms with Gasteiger partial charge >= 0.3 is 5.97 Å². The Bertz CT molecular complexity index is 271. The number of hydrogen-bond donors (Lipinski definition) is 0. The van der Waals surface area contributed by atoms with Gasteiger partial charge in [-0.05, 0) is 26.2 Å². The van der Waals surface area contributed by atoms with E-state index in [4.69, 9.17) is 14.2 Å². The van der Waals surface area contributed by atoms with Gasteiger partial charge in [-0.15, -0.1) is 6.58 Å². The van der Waals surface area contributed by atoms with Crippen LogP contribution in [0.3, 0.4) is 0 Å². The molecular weight excluding hydrogens is 232 g/mol. The average Bonchev–Trinajstić information content (AvgIpc) is 2.29. The van der Waals surface area contributed by atoms with E-state index in [1.54, 1.807) is 0 Å². The number of unbranched alkanes of at least 4 members (excludes halogenated alkanes) is 2. The first-order valence-electron chi connectivity index (χ1n) is 6.18. The number of esters is 1. The van der Waals surface area contributed by atoms with Gasteiger partial charge in [0.15, 0.2) is 6.79 Å². The first kappa shape index (κ1) is 16.7. The largest absolute Gasteiger partial charge is 0.469 e. The van der Waals surface area contributed by atoms with Gasteiger partial charge < -0.3 is 14.2 Å². The molecule has 4 nitrogen and oxygen atoms in total. The highest BCUT2D eigenvalue weighted by atomic mass is 16.7. The van der Waals surface area contributed by atoms with Gasteiger partial charge in [-0.3, -0.25) is 4.79 Å². The van der Waals surface area contributed by atoms with E-state index in [9.17, 15) is 4.79 Å². The molecule has 0 saturated carbocycles. The summed E-state index contributed by atoms with van der Waals surface area (Å²) in [6.45, 7) is 11.7. The molecule has 0 N–H and O–H groups in total. The molecule has 0 unspecified atom stereocenters. The highest BCUT2D eigenvalue weighted by Gasteiger charge is 1.98. The second kappa shape index (κ2) is 10.8. The molecule has 18 heavy (non-hydrogen) atoms. The van der Waals surface area contributed by atoms with Gasteiger partial charge in [-0.25, -0.2) is 0 Å². The van der Waals surface area contributed by atoms with Crippen LogP contribution in [-0.2, 0) is 19.0 Å². The van der Waals surface area contributed by atoms with E-state index in [0.29, 0.717) is 12.4 Å². The summed E-state index contributed by atoms with van der Waals surface area (Å²) in [7, 11) is 0. The minimum atomic E-state index is -0.349. The monoisotopic (exact) mass is 256 g/mol. The van der Waals surface area contributed by atoms with E-state index >= 15 is 0 Å². The third-order valence-corrected chi connectivity index (χ3v) is 2.18. The van der Waals surface area contributed by atoms with Crippen LogP contribution in [0.2, 0.25) is 0 Å². The fourth-order valence-electron chi connectivity index (χ4n) is 1.22. The molecule has 0 radical (unpaired) electrons. The molecule has 0 aliphatic heterocycles. The Morgan fingerprint density at radius 3 is 2.39 bits per heavy atom. The van der Waals surface area contributed by atoms with Crippen molar-refractivity contribution in [2.75, 3.05) is 20.0 Å². The van der Waals surface area contributed by atoms with Crippen LogP contribution in [0, 0.1) is 0 Å². The van der Waals surface area contributed by atoms with Crippen molar-refractivity contribution in [2.45, 2.75) is 39.5 Å². The highest BCUT2D eigenvalue weighted by Crippen LogP contribution is 2.06. The van der Waals surface area contributed by atoms with Crippen molar-refractivity contribution in [3.63, 3.8) is 0 Å². The smallest absolute Gasteiger partial charge is 0.303 e. The summed E-state index contributed by atoms with van der Waals surface area (Å²) < 4.78 is 15.1. The van der Waals surface area contributed by atoms with Gasteiger partial charge in [-0.1, -0.05) is 18.6 Å². The van der Waals surface area contributed by atoms with Gasteiger partial charge in [0.2, 0.25) is 0 Å². The summed E-state index contributed by atoms with van der Waals surface area (Å²) in [6.07, 6.45) is 4.36. The maximum Gasteiger partial charge on any atom is 0.303 e. The van der Waals surface area contributed by atoms with Gasteiger partial charge in [0.05, 0.1) is 6.61 Å². The van der Waals surface area contributed by atoms with Crippen molar-refractivity contribution < 1.29 is 19.0 Å². The second-order valence-corrected chi connectivity index (χ2v) is 4.26. The van der Waals surface area contributed by atoms with E-state index in [2.05, 4.69) is 13.2 Å². The second-order valence-electron chi connectivity index (χ2n) is 4.26. The van der Waals surface area contributed by atoms with Gasteiger partial charge in [-0.2, -0.15) is 0 Å². The fourth-order valence-corrected chi connectivity index (χ4v) is 1.22. The van der Waals surface area contributed by atoms with Crippen molar-refractivity contribution in [2.24, 2.45) is 0 Å². The van der Waals surface area contributed by atoms with Crippen molar-refractivity contribution in [3.8, 4) is 0 Å². The van der Waals surface area contributed by atoms with Crippen molar-refractivity contribution in [3.05, 3.63) is 24.5 Å². The van der Waals surface area contributed by atoms with E-state index in [1.807, 2.05) is 6.92 Å². The predicted molar refractivity (Wildman–Crippen MR) is 71.0 cm³/mol. The quantitative estimate of drug-likeness (QED) is 0.187. The van der Waals surface area contributed by atoms with Crippen LogP contribution in [0.25, 0.3) is 0 Å². The van der Waals surface area contributed by atoms with Gasteiger partial charge in [0.25, 0.3) is 0 Å². The molecule has 4 heteroatoms. The molecule has 0 aliphatic carbocycles. The van der Waals surface area contributed by atoms with E-state index in [-0.39, 0.29) is 19.4 Å². The minimum absolute atomic E-state index is 0.0807. The highest BCUT2D eigenvalue weighted by molar-refractivity contribution is 5.66. The molecule has 0 aromatic heterocycles. The third-order valence-electron chi connectivity index (χ3n) is 2.18. The molecular formula is C14H24O4. The third kappa shape index (κ3) is 12.8. The number of allylic oxidation sites excluding steroid dienone is 1. The maximum absolute atomic E-state index is 10.5. The molecule has 0 bridgehead atoms. The van der Waals surface area contributed by atoms with E-state index in [1.165, 1.54) is 12.5 Å². The summed E-state index contributed by atoms with van der Waals surface area (Å²) in [5.41, 5.74) is 1.22. The zero-order valence-corrected chi connectivity index (χ0v) is 11.5. The number of rotatable bonds is 11. The Kier molecular flexibility index (Phi) is 10.1. The van der Waals surface area contributed by atoms with Gasteiger partial charge in [0.1, 0.15) is 12.4 Å². The van der Waals surface area contributed by atoms with Crippen LogP contribution in [0.15, 0.2) is 24.5 Å². The zero-order chi connectivity index (χ0) is 13.8. The normalized spacial score (nSPS) is 9.89. The molecule has 0 saturated heterocycles. The molecule has 0 spiro atoms. The first-order valence-corrected chi connectivity index (χ1v) is 6.18. The summed E-state index contributed by atoms with van der Waals surface area (Å²) in [6, 6.07) is 0. The minimum Gasteiger partial charge on any atom is -0.469 e. The Morgan fingerprint density at radius 2 is 1.78 bits per heavy atom. The summed E-state index contributed by atoms with van der Waals surface area (Å²) in [5.74, 6) is 0.0469. The lowest BCUT2D eigenvalue weighted by atomic mass is 10.1. The Labute approximate surface area is 110 Å². The van der Waals surface area contributed by atoms with Crippen LogP contribution in [0.1, 0.15) is 39.5 Å². The van der Waals surface area contributed by atoms with Crippen molar-refractivity contribution in [1.29, 1.82) is 0 Å². The molecule has 0 rings (SSSR count). The lowest BCUT2D eigenvalue weighted by Gasteiger charge is -2.09. The van der Waals surface area contributed by atoms with Gasteiger partial charge in [0, 0.05) is 6.92 Å². The molecule has 0 aliphatic rings. The molecule has 0 fully saturated rings. The molecule has 0 aromatic carbocycles. The molecule has 0 atom stereocenters. The van der Waals surface area contributed by atoms with Crippen LogP contribution in [-0.4, -0.2) is 26.0 Å². The topological polar surface area (TPSA) is 44.8 Å². The van der Waals surface area contributed by atoms with E-state index < -0.39 is 0 Å². The average molecular weight is 256 g/mol. The summed E-state index contributed by atoms with van der Waals surface area (Å²) in [4.78, 5) is 10.5. The molecule has 0 heterocycles. The summed E-state index contributed by atoms with van der Waals surface area (Å²) in [5, 5.41) is 0. The zero-order valence-electron chi connectivity index (χ0n) is 11.5. The van der Waals surface area contributed by atoms with Crippen LogP contribution < -0.4 is 0 Å². The molecule has 104 valence electrons. The van der Waals surface area contributed by atoms with Crippen LogP contribution >= 0.6 is 0 Å². The van der Waals surface area contributed by atoms with Crippen LogP contribution in [0.5, 0.6) is 0 Å². The predicted octanol–water partition coefficient (Wildman–Crippen LogP) is 3.19. The Hall–Kier alpha value is -1.29. The van der Waals surface area contributed by atoms with Crippen molar-refractivity contribution >= 4 is 5.97 Å². The summed E-state index contributed by atoms with van der Waals surface area (Å²) >= 11 is 0. The molecule has 0 amide bonds. The number of carbonyl (C=O) groups is 1. The van der Waals surface area contributed by atoms with E-state index in [0.717, 1.165) is 25.7 Å². The van der Waals surface area contributed by atoms with Crippen molar-refractivity contribution in [1.82, 2.24) is 0 Å². The van der Waals surface area contributed by atoms with Crippen LogP contribution in [0.4, 0.5) is 0 Å². The Morgan fingerprint density at radius 1 is 1.06 bits per heavy atom. The first-order chi connectivity index (χ1) is 8.52. The number of carbonyl (C=O) groups excluding carboxylic acids is 1. The molecule has 0 aromatic rings. The lowest BCUT2D eigenvalue weighted by molar-refractivity contribution is -0.141. The standard InChI is InChI=1S/C14H24O4/c1-12(2)8-6-5-7-9-16-11-18-13(3)10-17-14(4)15/h1,3,5-11H2,2,4H3.